The van der Waals surface area contributed by atoms with Gasteiger partial charge in [0, 0.05) is 16.5 Å². The highest BCUT2D eigenvalue weighted by molar-refractivity contribution is 7.91. The van der Waals surface area contributed by atoms with Crippen molar-refractivity contribution in [3.8, 4) is 11.3 Å². The van der Waals surface area contributed by atoms with Gasteiger partial charge in [0.2, 0.25) is 0 Å². The number of hydrogen-bond donors (Lipinski definition) is 1. The van der Waals surface area contributed by atoms with Crippen LogP contribution in [0.4, 0.5) is 5.82 Å². The zero-order valence-corrected chi connectivity index (χ0v) is 13.1. The van der Waals surface area contributed by atoms with Crippen molar-refractivity contribution in [1.29, 1.82) is 0 Å². The summed E-state index contributed by atoms with van der Waals surface area (Å²) < 4.78 is 24.9. The van der Waals surface area contributed by atoms with Crippen LogP contribution in [-0.2, 0) is 9.84 Å². The van der Waals surface area contributed by atoms with E-state index in [2.05, 4.69) is 15.9 Å². The van der Waals surface area contributed by atoms with Gasteiger partial charge in [-0.3, -0.25) is 0 Å². The maximum atomic E-state index is 11.6. The molecule has 1 unspecified atom stereocenters. The van der Waals surface area contributed by atoms with Crippen LogP contribution in [-0.4, -0.2) is 29.7 Å². The first kappa shape index (κ1) is 13.6. The first-order valence-electron chi connectivity index (χ1n) is 6.47. The number of aryl methyl sites for hydroxylation is 1. The van der Waals surface area contributed by atoms with Gasteiger partial charge in [0.05, 0.1) is 23.2 Å². The molecule has 1 aliphatic heterocycles. The smallest absolute Gasteiger partial charge is 0.152 e. The van der Waals surface area contributed by atoms with Crippen LogP contribution >= 0.6 is 11.3 Å². The summed E-state index contributed by atoms with van der Waals surface area (Å²) in [6.45, 7) is 3.98. The second kappa shape index (κ2) is 4.60. The molecule has 0 amide bonds. The van der Waals surface area contributed by atoms with E-state index in [1.165, 1.54) is 5.56 Å². The summed E-state index contributed by atoms with van der Waals surface area (Å²) in [5, 5.41) is 8.72. The minimum atomic E-state index is -2.94. The zero-order chi connectivity index (χ0) is 14.5. The van der Waals surface area contributed by atoms with E-state index < -0.39 is 9.84 Å². The Balaban J connectivity index is 2.05. The molecule has 1 aliphatic rings. The van der Waals surface area contributed by atoms with Crippen LogP contribution in [0.25, 0.3) is 11.3 Å². The van der Waals surface area contributed by atoms with Crippen LogP contribution < -0.4 is 5.73 Å². The van der Waals surface area contributed by atoms with Crippen LogP contribution in [0.1, 0.15) is 23.6 Å². The van der Waals surface area contributed by atoms with Gasteiger partial charge in [-0.25, -0.2) is 13.1 Å². The third-order valence-electron chi connectivity index (χ3n) is 3.86. The normalized spacial score (nSPS) is 21.4. The summed E-state index contributed by atoms with van der Waals surface area (Å²) in [5.74, 6) is 0.941. The van der Waals surface area contributed by atoms with Gasteiger partial charge in [0.15, 0.2) is 9.84 Å². The van der Waals surface area contributed by atoms with Crippen molar-refractivity contribution in [2.45, 2.75) is 26.3 Å². The van der Waals surface area contributed by atoms with E-state index >= 15 is 0 Å². The van der Waals surface area contributed by atoms with E-state index in [1.807, 2.05) is 13.8 Å². The number of nitrogens with two attached hydrogens (primary N) is 1. The molecule has 5 nitrogen and oxygen atoms in total. The van der Waals surface area contributed by atoms with Gasteiger partial charge in [0.1, 0.15) is 5.82 Å². The molecule has 0 bridgehead atoms. The lowest BCUT2D eigenvalue weighted by Crippen LogP contribution is -2.14. The summed E-state index contributed by atoms with van der Waals surface area (Å²) in [6, 6.07) is -0.133. The average molecular weight is 311 g/mol. The third kappa shape index (κ3) is 2.14. The minimum absolute atomic E-state index is 0.133. The molecule has 2 aromatic heterocycles. The average Bonchev–Trinajstić information content (AvgIpc) is 3.02. The summed E-state index contributed by atoms with van der Waals surface area (Å²) in [6.07, 6.45) is 0.593. The monoisotopic (exact) mass is 311 g/mol. The topological polar surface area (TPSA) is 78.0 Å². The Morgan fingerprint density at radius 2 is 2.15 bits per heavy atom. The summed E-state index contributed by atoms with van der Waals surface area (Å²) >= 11 is 1.63. The molecule has 0 radical (unpaired) electrons. The molecule has 20 heavy (non-hydrogen) atoms. The SMILES string of the molecule is Cc1cscc1-c1nn(C2CCS(=O)(=O)C2)c(N)c1C. The molecule has 0 spiro atoms. The summed E-state index contributed by atoms with van der Waals surface area (Å²) in [4.78, 5) is 0. The van der Waals surface area contributed by atoms with Crippen LogP contribution in [0.2, 0.25) is 0 Å². The molecule has 1 atom stereocenters. The van der Waals surface area contributed by atoms with Gasteiger partial charge in [0.25, 0.3) is 0 Å². The number of thiophene rings is 1. The van der Waals surface area contributed by atoms with E-state index in [-0.39, 0.29) is 17.5 Å². The number of nitrogens with zero attached hydrogens (tertiary/aromatic N) is 2. The van der Waals surface area contributed by atoms with E-state index in [4.69, 9.17) is 5.73 Å². The summed E-state index contributed by atoms with van der Waals surface area (Å²) in [5.41, 5.74) is 10.2. The first-order chi connectivity index (χ1) is 9.39. The van der Waals surface area contributed by atoms with Gasteiger partial charge < -0.3 is 5.73 Å². The standard InChI is InChI=1S/C13H17N3O2S2/c1-8-5-19-6-11(8)12-9(2)13(14)16(15-12)10-3-4-20(17,18)7-10/h5-6,10H,3-4,7,14H2,1-2H3. The van der Waals surface area contributed by atoms with E-state index in [9.17, 15) is 8.42 Å². The Bertz CT molecular complexity index is 759. The van der Waals surface area contributed by atoms with Crippen LogP contribution in [0.15, 0.2) is 10.8 Å². The summed E-state index contributed by atoms with van der Waals surface area (Å²) in [7, 11) is -2.94. The van der Waals surface area contributed by atoms with Gasteiger partial charge in [-0.2, -0.15) is 16.4 Å². The number of aromatic nitrogens is 2. The molecule has 1 saturated heterocycles. The second-order valence-corrected chi connectivity index (χ2v) is 8.30. The van der Waals surface area contributed by atoms with Crippen molar-refractivity contribution >= 4 is 27.0 Å². The Hall–Kier alpha value is -1.34. The van der Waals surface area contributed by atoms with Crippen molar-refractivity contribution in [2.75, 3.05) is 17.2 Å². The van der Waals surface area contributed by atoms with Crippen molar-refractivity contribution in [2.24, 2.45) is 0 Å². The lowest BCUT2D eigenvalue weighted by molar-refractivity contribution is 0.508. The lowest BCUT2D eigenvalue weighted by Gasteiger charge is -2.10. The highest BCUT2D eigenvalue weighted by atomic mass is 32.2. The number of rotatable bonds is 2. The van der Waals surface area contributed by atoms with Crippen molar-refractivity contribution < 1.29 is 8.42 Å². The van der Waals surface area contributed by atoms with E-state index in [1.54, 1.807) is 16.0 Å². The highest BCUT2D eigenvalue weighted by Crippen LogP contribution is 2.34. The Labute approximate surface area is 122 Å². The minimum Gasteiger partial charge on any atom is -0.384 e. The predicted molar refractivity (Wildman–Crippen MR) is 81.7 cm³/mol. The Morgan fingerprint density at radius 3 is 2.70 bits per heavy atom. The molecule has 1 fully saturated rings. The second-order valence-electron chi connectivity index (χ2n) is 5.33. The van der Waals surface area contributed by atoms with Crippen molar-refractivity contribution in [3.05, 3.63) is 21.9 Å². The molecular weight excluding hydrogens is 294 g/mol. The predicted octanol–water partition coefficient (Wildman–Crippen LogP) is 2.17. The van der Waals surface area contributed by atoms with E-state index in [0.717, 1.165) is 16.8 Å². The molecule has 2 N–H and O–H groups in total. The van der Waals surface area contributed by atoms with Gasteiger partial charge >= 0.3 is 0 Å². The Kier molecular flexibility index (Phi) is 3.13. The molecular formula is C13H17N3O2S2. The molecule has 7 heteroatoms. The maximum absolute atomic E-state index is 11.6. The molecule has 108 valence electrons. The van der Waals surface area contributed by atoms with Gasteiger partial charge in [-0.15, -0.1) is 0 Å². The molecule has 0 aromatic carbocycles. The van der Waals surface area contributed by atoms with Gasteiger partial charge in [-0.1, -0.05) is 0 Å². The molecule has 3 heterocycles. The van der Waals surface area contributed by atoms with Crippen molar-refractivity contribution in [3.63, 3.8) is 0 Å². The molecule has 2 aromatic rings. The maximum Gasteiger partial charge on any atom is 0.152 e. The van der Waals surface area contributed by atoms with Crippen LogP contribution in [0, 0.1) is 13.8 Å². The van der Waals surface area contributed by atoms with Crippen molar-refractivity contribution in [1.82, 2.24) is 9.78 Å². The van der Waals surface area contributed by atoms with Crippen LogP contribution in [0.3, 0.4) is 0 Å². The quantitative estimate of drug-likeness (QED) is 0.922. The first-order valence-corrected chi connectivity index (χ1v) is 9.23. The fourth-order valence-electron chi connectivity index (χ4n) is 2.64. The molecule has 3 rings (SSSR count). The molecule has 0 saturated carbocycles. The largest absolute Gasteiger partial charge is 0.384 e. The number of nitrogen functional groups attached to an aromatic ring is 1. The lowest BCUT2D eigenvalue weighted by atomic mass is 10.1. The van der Waals surface area contributed by atoms with E-state index in [0.29, 0.717) is 12.2 Å². The third-order valence-corrected chi connectivity index (χ3v) is 6.47. The number of anilines is 1. The van der Waals surface area contributed by atoms with Crippen LogP contribution in [0.5, 0.6) is 0 Å². The number of hydrogen-bond acceptors (Lipinski definition) is 5. The fraction of sp³-hybridized carbons (Fsp3) is 0.462. The number of sulfone groups is 1. The molecule has 0 aliphatic carbocycles. The zero-order valence-electron chi connectivity index (χ0n) is 11.5. The van der Waals surface area contributed by atoms with Gasteiger partial charge in [-0.05, 0) is 31.2 Å². The fourth-order valence-corrected chi connectivity index (χ4v) is 5.16. The highest BCUT2D eigenvalue weighted by Gasteiger charge is 2.32. The Morgan fingerprint density at radius 1 is 1.40 bits per heavy atom.